The van der Waals surface area contributed by atoms with Gasteiger partial charge in [0.2, 0.25) is 0 Å². The van der Waals surface area contributed by atoms with Crippen LogP contribution >= 0.6 is 0 Å². The zero-order valence-corrected chi connectivity index (χ0v) is 9.99. The number of phenols is 1. The Morgan fingerprint density at radius 3 is 2.25 bits per heavy atom. The van der Waals surface area contributed by atoms with Gasteiger partial charge >= 0.3 is 0 Å². The first kappa shape index (κ1) is 14.4. The van der Waals surface area contributed by atoms with E-state index in [9.17, 15) is 14.7 Å². The maximum Gasteiger partial charge on any atom is 0.153 e. The second-order valence-electron chi connectivity index (χ2n) is 3.49. The molecule has 0 spiro atoms. The lowest BCUT2D eigenvalue weighted by Crippen LogP contribution is -1.94. The summed E-state index contributed by atoms with van der Waals surface area (Å²) in [6, 6.07) is 3.24. The van der Waals surface area contributed by atoms with Crippen LogP contribution in [-0.4, -0.2) is 17.7 Å². The highest BCUT2D eigenvalue weighted by molar-refractivity contribution is 5.81. The van der Waals surface area contributed by atoms with Crippen LogP contribution in [0.25, 0.3) is 0 Å². The van der Waals surface area contributed by atoms with Crippen LogP contribution in [0.2, 0.25) is 0 Å². The molecule has 16 heavy (non-hydrogen) atoms. The predicted octanol–water partition coefficient (Wildman–Crippen LogP) is 2.67. The Morgan fingerprint density at radius 2 is 1.81 bits per heavy atom. The van der Waals surface area contributed by atoms with Crippen LogP contribution in [0.1, 0.15) is 41.8 Å². The first-order valence-electron chi connectivity index (χ1n) is 5.32. The molecule has 1 N–H and O–H groups in total. The van der Waals surface area contributed by atoms with Gasteiger partial charge in [-0.05, 0) is 18.6 Å². The summed E-state index contributed by atoms with van der Waals surface area (Å²) in [5, 5.41) is 9.51. The molecule has 3 nitrogen and oxygen atoms in total. The van der Waals surface area contributed by atoms with Gasteiger partial charge in [0.15, 0.2) is 6.29 Å². The molecule has 1 aromatic rings. The molecule has 0 aliphatic carbocycles. The Hall–Kier alpha value is -1.64. The summed E-state index contributed by atoms with van der Waals surface area (Å²) < 4.78 is 0. The largest absolute Gasteiger partial charge is 0.507 e. The second-order valence-corrected chi connectivity index (χ2v) is 3.49. The summed E-state index contributed by atoms with van der Waals surface area (Å²) in [5.41, 5.74) is 1.57. The number of carbonyl (C=O) groups is 2. The first-order valence-corrected chi connectivity index (χ1v) is 5.32. The molecule has 0 unspecified atom stereocenters. The average Bonchev–Trinajstić information content (AvgIpc) is 2.25. The molecule has 0 saturated carbocycles. The molecule has 88 valence electrons. The zero-order valence-electron chi connectivity index (χ0n) is 9.99. The van der Waals surface area contributed by atoms with Crippen LogP contribution in [0, 0.1) is 6.92 Å². The SMILES string of the molecule is CCC.Cc1ccc(C=O)c(O)c1CC=O. The minimum atomic E-state index is -0.0814. The van der Waals surface area contributed by atoms with E-state index in [4.69, 9.17) is 0 Å². The third kappa shape index (κ3) is 3.85. The number of hydrogen-bond donors (Lipinski definition) is 1. The summed E-state index contributed by atoms with van der Waals surface area (Å²) in [5.74, 6) is -0.0814. The molecule has 1 aromatic carbocycles. The second kappa shape index (κ2) is 7.63. The van der Waals surface area contributed by atoms with Crippen LogP contribution in [0.4, 0.5) is 0 Å². The number of hydrogen-bond acceptors (Lipinski definition) is 3. The molecule has 0 aliphatic rings. The molecule has 0 heterocycles. The van der Waals surface area contributed by atoms with E-state index in [-0.39, 0.29) is 17.7 Å². The van der Waals surface area contributed by atoms with Gasteiger partial charge in [-0.15, -0.1) is 0 Å². The number of aromatic hydroxyl groups is 1. The Morgan fingerprint density at radius 1 is 1.25 bits per heavy atom. The molecule has 0 saturated heterocycles. The maximum atomic E-state index is 10.4. The van der Waals surface area contributed by atoms with Crippen molar-refractivity contribution in [2.45, 2.75) is 33.6 Å². The van der Waals surface area contributed by atoms with Crippen molar-refractivity contribution in [2.24, 2.45) is 0 Å². The lowest BCUT2D eigenvalue weighted by molar-refractivity contribution is -0.107. The van der Waals surface area contributed by atoms with Crippen molar-refractivity contribution < 1.29 is 14.7 Å². The van der Waals surface area contributed by atoms with Crippen molar-refractivity contribution in [1.29, 1.82) is 0 Å². The molecule has 0 radical (unpaired) electrons. The zero-order chi connectivity index (χ0) is 12.6. The summed E-state index contributed by atoms with van der Waals surface area (Å²) in [6.45, 7) is 6.03. The number of aryl methyl sites for hydroxylation is 1. The van der Waals surface area contributed by atoms with Crippen molar-refractivity contribution in [2.75, 3.05) is 0 Å². The van der Waals surface area contributed by atoms with E-state index >= 15 is 0 Å². The van der Waals surface area contributed by atoms with Gasteiger partial charge in [-0.3, -0.25) is 4.79 Å². The molecule has 0 fully saturated rings. The molecule has 0 amide bonds. The molecule has 1 rings (SSSR count). The van der Waals surface area contributed by atoms with Crippen LogP contribution < -0.4 is 0 Å². The van der Waals surface area contributed by atoms with E-state index in [1.807, 2.05) is 0 Å². The van der Waals surface area contributed by atoms with Crippen LogP contribution in [0.15, 0.2) is 12.1 Å². The van der Waals surface area contributed by atoms with Crippen molar-refractivity contribution in [3.8, 4) is 5.75 Å². The van der Waals surface area contributed by atoms with E-state index in [1.54, 1.807) is 13.0 Å². The van der Waals surface area contributed by atoms with Crippen molar-refractivity contribution in [3.05, 3.63) is 28.8 Å². The third-order valence-electron chi connectivity index (χ3n) is 1.96. The summed E-state index contributed by atoms with van der Waals surface area (Å²) >= 11 is 0. The molecular weight excluding hydrogens is 204 g/mol. The number of benzene rings is 1. The van der Waals surface area contributed by atoms with E-state index in [0.29, 0.717) is 18.1 Å². The summed E-state index contributed by atoms with van der Waals surface area (Å²) in [7, 11) is 0. The van der Waals surface area contributed by atoms with Gasteiger partial charge in [-0.25, -0.2) is 0 Å². The fourth-order valence-corrected chi connectivity index (χ4v) is 1.19. The standard InChI is InChI=1S/C10H10O3.C3H8/c1-7-2-3-8(6-12)10(13)9(7)4-5-11;1-3-2/h2-3,5-6,13H,4H2,1H3;3H2,1-2H3. The molecule has 3 heteroatoms. The Kier molecular flexibility index (Phi) is 6.84. The minimum Gasteiger partial charge on any atom is -0.507 e. The van der Waals surface area contributed by atoms with Crippen molar-refractivity contribution >= 4 is 12.6 Å². The van der Waals surface area contributed by atoms with E-state index < -0.39 is 0 Å². The van der Waals surface area contributed by atoms with Gasteiger partial charge in [0.1, 0.15) is 12.0 Å². The highest BCUT2D eigenvalue weighted by atomic mass is 16.3. The van der Waals surface area contributed by atoms with Gasteiger partial charge in [0.25, 0.3) is 0 Å². The van der Waals surface area contributed by atoms with Gasteiger partial charge in [-0.2, -0.15) is 0 Å². The normalized spacial score (nSPS) is 8.94. The maximum absolute atomic E-state index is 10.4. The van der Waals surface area contributed by atoms with Gasteiger partial charge in [-0.1, -0.05) is 26.3 Å². The average molecular weight is 222 g/mol. The van der Waals surface area contributed by atoms with Gasteiger partial charge in [0.05, 0.1) is 5.56 Å². The lowest BCUT2D eigenvalue weighted by atomic mass is 10.0. The summed E-state index contributed by atoms with van der Waals surface area (Å²) in [4.78, 5) is 20.7. The number of phenolic OH excluding ortho intramolecular Hbond substituents is 1. The summed E-state index contributed by atoms with van der Waals surface area (Å²) in [6.07, 6.45) is 2.67. The van der Waals surface area contributed by atoms with Gasteiger partial charge < -0.3 is 9.90 Å². The Labute approximate surface area is 96.1 Å². The van der Waals surface area contributed by atoms with Crippen LogP contribution in [0.5, 0.6) is 5.75 Å². The quantitative estimate of drug-likeness (QED) is 0.800. The molecule has 0 aliphatic heterocycles. The first-order chi connectivity index (χ1) is 7.62. The fourth-order valence-electron chi connectivity index (χ4n) is 1.19. The highest BCUT2D eigenvalue weighted by Gasteiger charge is 2.08. The third-order valence-corrected chi connectivity index (χ3v) is 1.96. The van der Waals surface area contributed by atoms with Crippen LogP contribution in [-0.2, 0) is 11.2 Å². The highest BCUT2D eigenvalue weighted by Crippen LogP contribution is 2.24. The van der Waals surface area contributed by atoms with Gasteiger partial charge in [0, 0.05) is 12.0 Å². The number of carbonyl (C=O) groups excluding carboxylic acids is 2. The van der Waals surface area contributed by atoms with Crippen molar-refractivity contribution in [1.82, 2.24) is 0 Å². The van der Waals surface area contributed by atoms with Crippen LogP contribution in [0.3, 0.4) is 0 Å². The Bertz CT molecular complexity index is 356. The fraction of sp³-hybridized carbons (Fsp3) is 0.385. The monoisotopic (exact) mass is 222 g/mol. The number of rotatable bonds is 3. The van der Waals surface area contributed by atoms with E-state index in [1.165, 1.54) is 12.5 Å². The molecule has 0 aromatic heterocycles. The molecule has 0 atom stereocenters. The molecule has 0 bridgehead atoms. The lowest BCUT2D eigenvalue weighted by Gasteiger charge is -2.06. The minimum absolute atomic E-state index is 0.0814. The molecular formula is C13H18O3. The van der Waals surface area contributed by atoms with Crippen molar-refractivity contribution in [3.63, 3.8) is 0 Å². The topological polar surface area (TPSA) is 54.4 Å². The van der Waals surface area contributed by atoms with E-state index in [2.05, 4.69) is 13.8 Å². The smallest absolute Gasteiger partial charge is 0.153 e. The van der Waals surface area contributed by atoms with E-state index in [0.717, 1.165) is 5.56 Å². The Balaban J connectivity index is 0.000000673. The predicted molar refractivity (Wildman–Crippen MR) is 64.0 cm³/mol. The number of aldehydes is 2.